The molecule has 0 unspecified atom stereocenters. The van der Waals surface area contributed by atoms with Crippen LogP contribution < -0.4 is 9.47 Å². The van der Waals surface area contributed by atoms with Gasteiger partial charge >= 0.3 is 5.97 Å². The number of pyridine rings is 1. The molecule has 0 amide bonds. The third-order valence-electron chi connectivity index (χ3n) is 5.10. The molecule has 0 radical (unpaired) electrons. The first-order chi connectivity index (χ1) is 15.7. The minimum Gasteiger partial charge on any atom is -0.479 e. The molecule has 0 aliphatic rings. The van der Waals surface area contributed by atoms with E-state index in [9.17, 15) is 4.79 Å². The molecular weight excluding hydrogens is 487 g/mol. The van der Waals surface area contributed by atoms with Crippen LogP contribution in [0.25, 0.3) is 11.0 Å². The Hall–Kier alpha value is -2.93. The summed E-state index contributed by atoms with van der Waals surface area (Å²) in [6.45, 7) is 3.79. The molecule has 2 heterocycles. The number of benzene rings is 2. The number of halogens is 3. The second kappa shape index (κ2) is 9.51. The van der Waals surface area contributed by atoms with Gasteiger partial charge in [-0.3, -0.25) is 0 Å². The summed E-state index contributed by atoms with van der Waals surface area (Å²) < 4.78 is 13.7. The van der Waals surface area contributed by atoms with Crippen LogP contribution in [0.1, 0.15) is 18.2 Å². The number of carboxylic acids is 1. The van der Waals surface area contributed by atoms with Crippen molar-refractivity contribution in [3.63, 3.8) is 0 Å². The van der Waals surface area contributed by atoms with E-state index >= 15 is 0 Å². The number of hydrogen-bond acceptors (Lipinski definition) is 4. The third kappa shape index (κ3) is 5.03. The molecule has 0 saturated carbocycles. The lowest BCUT2D eigenvalue weighted by Gasteiger charge is -2.14. The number of rotatable bonds is 7. The van der Waals surface area contributed by atoms with Gasteiger partial charge in [-0.25, -0.2) is 9.78 Å². The number of carbonyl (C=O) groups is 1. The Morgan fingerprint density at radius 3 is 2.52 bits per heavy atom. The van der Waals surface area contributed by atoms with Crippen molar-refractivity contribution in [1.29, 1.82) is 0 Å². The topological polar surface area (TPSA) is 73.6 Å². The highest BCUT2D eigenvalue weighted by Crippen LogP contribution is 2.37. The maximum atomic E-state index is 11.2. The quantitative estimate of drug-likeness (QED) is 0.274. The average Bonchev–Trinajstić information content (AvgIpc) is 3.02. The van der Waals surface area contributed by atoms with Gasteiger partial charge < -0.3 is 19.1 Å². The highest BCUT2D eigenvalue weighted by atomic mass is 35.5. The van der Waals surface area contributed by atoms with Crippen LogP contribution in [0.15, 0.2) is 54.6 Å². The van der Waals surface area contributed by atoms with Gasteiger partial charge in [-0.2, -0.15) is 0 Å². The molecule has 2 aromatic heterocycles. The molecule has 0 fully saturated rings. The molecule has 0 bridgehead atoms. The fourth-order valence-corrected chi connectivity index (χ4v) is 3.82. The van der Waals surface area contributed by atoms with Crippen molar-refractivity contribution in [3.8, 4) is 17.2 Å². The van der Waals surface area contributed by atoms with Gasteiger partial charge in [0.25, 0.3) is 0 Å². The first-order valence-corrected chi connectivity index (χ1v) is 11.1. The van der Waals surface area contributed by atoms with Crippen LogP contribution in [0.4, 0.5) is 0 Å². The highest BCUT2D eigenvalue weighted by Gasteiger charge is 2.19. The first kappa shape index (κ1) is 23.2. The van der Waals surface area contributed by atoms with Crippen LogP contribution in [-0.4, -0.2) is 26.7 Å². The Labute approximate surface area is 205 Å². The van der Waals surface area contributed by atoms with Gasteiger partial charge in [0.15, 0.2) is 11.9 Å². The molecule has 170 valence electrons. The number of aromatic nitrogens is 2. The molecule has 0 aliphatic heterocycles. The van der Waals surface area contributed by atoms with E-state index in [1.165, 1.54) is 6.92 Å². The van der Waals surface area contributed by atoms with E-state index in [-0.39, 0.29) is 0 Å². The van der Waals surface area contributed by atoms with E-state index in [4.69, 9.17) is 49.4 Å². The molecule has 4 rings (SSSR count). The zero-order chi connectivity index (χ0) is 23.7. The van der Waals surface area contributed by atoms with Gasteiger partial charge in [-0.05, 0) is 67.9 Å². The maximum Gasteiger partial charge on any atom is 0.344 e. The van der Waals surface area contributed by atoms with Crippen LogP contribution in [0, 0.1) is 6.92 Å². The average molecular weight is 506 g/mol. The van der Waals surface area contributed by atoms with Crippen molar-refractivity contribution in [1.82, 2.24) is 9.55 Å². The Kier molecular flexibility index (Phi) is 6.70. The summed E-state index contributed by atoms with van der Waals surface area (Å²) in [7, 11) is 0. The van der Waals surface area contributed by atoms with E-state index in [1.807, 2.05) is 23.6 Å². The predicted molar refractivity (Wildman–Crippen MR) is 129 cm³/mol. The highest BCUT2D eigenvalue weighted by molar-refractivity contribution is 6.32. The lowest BCUT2D eigenvalue weighted by Crippen LogP contribution is -2.23. The van der Waals surface area contributed by atoms with Crippen LogP contribution in [0.3, 0.4) is 0 Å². The molecule has 1 N–H and O–H groups in total. The van der Waals surface area contributed by atoms with Crippen molar-refractivity contribution in [2.45, 2.75) is 26.5 Å². The zero-order valence-electron chi connectivity index (χ0n) is 17.7. The second-order valence-electron chi connectivity index (χ2n) is 7.42. The molecule has 2 aromatic carbocycles. The van der Waals surface area contributed by atoms with Gasteiger partial charge in [0, 0.05) is 11.6 Å². The van der Waals surface area contributed by atoms with E-state index in [0.29, 0.717) is 44.6 Å². The van der Waals surface area contributed by atoms with Gasteiger partial charge in [-0.15, -0.1) is 0 Å². The number of fused-ring (bicyclic) bond motifs is 1. The molecule has 9 heteroatoms. The first-order valence-electron chi connectivity index (χ1n) is 9.99. The summed E-state index contributed by atoms with van der Waals surface area (Å²) in [5, 5.41) is 11.2. The standard InChI is InChI=1S/C24H19Cl3N2O4/c1-13-22(33-17-6-4-16(25)5-7-17)18-8-10-21(27)28-23(18)29(13)12-15-3-9-19(26)20(11-15)32-14(2)24(30)31/h3-11,14H,12H2,1-2H3,(H,30,31)/t14-/m1/s1. The summed E-state index contributed by atoms with van der Waals surface area (Å²) >= 11 is 18.4. The summed E-state index contributed by atoms with van der Waals surface area (Å²) in [5.41, 5.74) is 2.33. The van der Waals surface area contributed by atoms with E-state index in [2.05, 4.69) is 4.98 Å². The van der Waals surface area contributed by atoms with E-state index in [0.717, 1.165) is 16.6 Å². The number of aliphatic carboxylic acids is 1. The van der Waals surface area contributed by atoms with Crippen LogP contribution in [0.5, 0.6) is 17.2 Å². The fraction of sp³-hybridized carbons (Fsp3) is 0.167. The van der Waals surface area contributed by atoms with Gasteiger partial charge in [0.1, 0.15) is 22.3 Å². The summed E-state index contributed by atoms with van der Waals surface area (Å²) in [4.78, 5) is 15.7. The normalized spacial score (nSPS) is 12.0. The molecule has 4 aromatic rings. The summed E-state index contributed by atoms with van der Waals surface area (Å²) in [5.74, 6) is 0.510. The predicted octanol–water partition coefficient (Wildman–Crippen LogP) is 7.00. The Bertz CT molecular complexity index is 1340. The zero-order valence-corrected chi connectivity index (χ0v) is 19.9. The van der Waals surface area contributed by atoms with Crippen LogP contribution in [0.2, 0.25) is 15.2 Å². The monoisotopic (exact) mass is 504 g/mol. The van der Waals surface area contributed by atoms with Crippen molar-refractivity contribution in [3.05, 3.63) is 81.1 Å². The molecule has 0 spiro atoms. The van der Waals surface area contributed by atoms with Gasteiger partial charge in [-0.1, -0.05) is 40.9 Å². The van der Waals surface area contributed by atoms with Crippen molar-refractivity contribution in [2.24, 2.45) is 0 Å². The second-order valence-corrected chi connectivity index (χ2v) is 8.66. The van der Waals surface area contributed by atoms with Crippen molar-refractivity contribution in [2.75, 3.05) is 0 Å². The lowest BCUT2D eigenvalue weighted by molar-refractivity contribution is -0.144. The largest absolute Gasteiger partial charge is 0.479 e. The number of carboxylic acid groups (broad SMARTS) is 1. The molecule has 33 heavy (non-hydrogen) atoms. The van der Waals surface area contributed by atoms with Crippen molar-refractivity contribution < 1.29 is 19.4 Å². The smallest absolute Gasteiger partial charge is 0.344 e. The third-order valence-corrected chi connectivity index (χ3v) is 5.87. The molecule has 0 aliphatic carbocycles. The van der Waals surface area contributed by atoms with E-state index < -0.39 is 12.1 Å². The fourth-order valence-electron chi connectivity index (χ4n) is 3.39. The lowest BCUT2D eigenvalue weighted by atomic mass is 10.2. The Morgan fingerprint density at radius 1 is 1.09 bits per heavy atom. The van der Waals surface area contributed by atoms with Crippen molar-refractivity contribution >= 4 is 51.8 Å². The number of nitrogens with zero attached hydrogens (tertiary/aromatic N) is 2. The minimum atomic E-state index is -1.08. The minimum absolute atomic E-state index is 0.293. The van der Waals surface area contributed by atoms with E-state index in [1.54, 1.807) is 42.5 Å². The SMILES string of the molecule is Cc1c(Oc2ccc(Cl)cc2)c2ccc(Cl)nc2n1Cc1ccc(Cl)c(O[C@H](C)C(=O)O)c1. The van der Waals surface area contributed by atoms with Crippen LogP contribution >= 0.6 is 34.8 Å². The summed E-state index contributed by atoms with van der Waals surface area (Å²) in [6, 6.07) is 15.9. The summed E-state index contributed by atoms with van der Waals surface area (Å²) in [6.07, 6.45) is -1.04. The maximum absolute atomic E-state index is 11.2. The molecule has 6 nitrogen and oxygen atoms in total. The molecule has 1 atom stereocenters. The molecular formula is C24H19Cl3N2O4. The van der Waals surface area contributed by atoms with Gasteiger partial charge in [0.05, 0.1) is 16.1 Å². The van der Waals surface area contributed by atoms with Crippen LogP contribution in [-0.2, 0) is 11.3 Å². The molecule has 0 saturated heterocycles. The number of ether oxygens (including phenoxy) is 2. The number of hydrogen-bond donors (Lipinski definition) is 1. The Balaban J connectivity index is 1.74. The Morgan fingerprint density at radius 2 is 1.82 bits per heavy atom. The van der Waals surface area contributed by atoms with Gasteiger partial charge in [0.2, 0.25) is 0 Å².